The Bertz CT molecular complexity index is 460. The van der Waals surface area contributed by atoms with Gasteiger partial charge in [-0.2, -0.15) is 0 Å². The summed E-state index contributed by atoms with van der Waals surface area (Å²) in [7, 11) is 1.33. The van der Waals surface area contributed by atoms with Crippen LogP contribution < -0.4 is 5.32 Å². The van der Waals surface area contributed by atoms with Crippen LogP contribution >= 0.6 is 0 Å². The molecule has 0 saturated carbocycles. The summed E-state index contributed by atoms with van der Waals surface area (Å²) < 4.78 is 4.59. The number of hydrogen-bond acceptors (Lipinski definition) is 3. The number of carbonyl (C=O) groups is 2. The Kier molecular flexibility index (Phi) is 5.38. The first-order valence-corrected chi connectivity index (χ1v) is 5.42. The van der Waals surface area contributed by atoms with Gasteiger partial charge in [0, 0.05) is 12.6 Å². The van der Waals surface area contributed by atoms with Crippen molar-refractivity contribution in [2.45, 2.75) is 0 Å². The SMILES string of the molecule is C=CCNC(=O)/C=C/c1ccc(C(=O)OC)cc1. The standard InChI is InChI=1S/C14H15NO3/c1-3-10-15-13(16)9-6-11-4-7-12(8-5-11)14(17)18-2/h3-9H,1,10H2,2H3,(H,15,16)/b9-6+. The van der Waals surface area contributed by atoms with E-state index in [0.29, 0.717) is 12.1 Å². The first-order chi connectivity index (χ1) is 8.67. The third-order valence-electron chi connectivity index (χ3n) is 2.18. The van der Waals surface area contributed by atoms with Gasteiger partial charge in [0.15, 0.2) is 0 Å². The fourth-order valence-corrected chi connectivity index (χ4v) is 1.25. The van der Waals surface area contributed by atoms with Gasteiger partial charge in [-0.1, -0.05) is 18.2 Å². The average molecular weight is 245 g/mol. The molecule has 4 nitrogen and oxygen atoms in total. The highest BCUT2D eigenvalue weighted by molar-refractivity contribution is 5.92. The van der Waals surface area contributed by atoms with Crippen LogP contribution in [0, 0.1) is 0 Å². The lowest BCUT2D eigenvalue weighted by Gasteiger charge is -1.99. The Morgan fingerprint density at radius 3 is 2.56 bits per heavy atom. The molecular weight excluding hydrogens is 230 g/mol. The van der Waals surface area contributed by atoms with Gasteiger partial charge in [-0.3, -0.25) is 4.79 Å². The van der Waals surface area contributed by atoms with Crippen LogP contribution in [-0.4, -0.2) is 25.5 Å². The van der Waals surface area contributed by atoms with E-state index in [1.807, 2.05) is 0 Å². The van der Waals surface area contributed by atoms with Crippen LogP contribution in [0.5, 0.6) is 0 Å². The topological polar surface area (TPSA) is 55.4 Å². The predicted molar refractivity (Wildman–Crippen MR) is 70.0 cm³/mol. The Balaban J connectivity index is 2.63. The number of rotatable bonds is 5. The second kappa shape index (κ2) is 7.06. The molecule has 0 spiro atoms. The molecule has 0 aliphatic carbocycles. The van der Waals surface area contributed by atoms with E-state index in [1.165, 1.54) is 13.2 Å². The molecule has 0 bridgehead atoms. The van der Waals surface area contributed by atoms with E-state index in [4.69, 9.17) is 0 Å². The molecular formula is C14H15NO3. The normalized spacial score (nSPS) is 10.1. The second-order valence-electron chi connectivity index (χ2n) is 3.48. The fraction of sp³-hybridized carbons (Fsp3) is 0.143. The molecule has 1 amide bonds. The van der Waals surface area contributed by atoms with Crippen molar-refractivity contribution in [3.63, 3.8) is 0 Å². The van der Waals surface area contributed by atoms with Crippen LogP contribution in [-0.2, 0) is 9.53 Å². The first-order valence-electron chi connectivity index (χ1n) is 5.42. The maximum atomic E-state index is 11.3. The largest absolute Gasteiger partial charge is 0.465 e. The molecule has 0 unspecified atom stereocenters. The van der Waals surface area contributed by atoms with Gasteiger partial charge in [-0.15, -0.1) is 6.58 Å². The number of esters is 1. The maximum absolute atomic E-state index is 11.3. The Hall–Kier alpha value is -2.36. The molecule has 0 radical (unpaired) electrons. The van der Waals surface area contributed by atoms with Gasteiger partial charge < -0.3 is 10.1 Å². The van der Waals surface area contributed by atoms with Crippen LogP contribution in [0.25, 0.3) is 6.08 Å². The lowest BCUT2D eigenvalue weighted by molar-refractivity contribution is -0.116. The summed E-state index contributed by atoms with van der Waals surface area (Å²) in [6.45, 7) is 3.94. The highest BCUT2D eigenvalue weighted by Crippen LogP contribution is 2.07. The molecule has 4 heteroatoms. The zero-order valence-corrected chi connectivity index (χ0v) is 10.2. The van der Waals surface area contributed by atoms with Crippen LogP contribution in [0.4, 0.5) is 0 Å². The molecule has 0 aliphatic heterocycles. The van der Waals surface area contributed by atoms with E-state index in [1.54, 1.807) is 36.4 Å². The van der Waals surface area contributed by atoms with Gasteiger partial charge in [0.05, 0.1) is 12.7 Å². The Morgan fingerprint density at radius 2 is 2.00 bits per heavy atom. The minimum absolute atomic E-state index is 0.188. The molecule has 18 heavy (non-hydrogen) atoms. The summed E-state index contributed by atoms with van der Waals surface area (Å²) in [4.78, 5) is 22.5. The van der Waals surface area contributed by atoms with Gasteiger partial charge in [0.2, 0.25) is 5.91 Å². The molecule has 0 fully saturated rings. The number of hydrogen-bond donors (Lipinski definition) is 1. The lowest BCUT2D eigenvalue weighted by atomic mass is 10.1. The maximum Gasteiger partial charge on any atom is 0.337 e. The van der Waals surface area contributed by atoms with E-state index in [2.05, 4.69) is 16.6 Å². The van der Waals surface area contributed by atoms with Crippen molar-refractivity contribution in [3.8, 4) is 0 Å². The van der Waals surface area contributed by atoms with Crippen LogP contribution in [0.3, 0.4) is 0 Å². The summed E-state index contributed by atoms with van der Waals surface area (Å²) in [5, 5.41) is 2.62. The minimum Gasteiger partial charge on any atom is -0.465 e. The van der Waals surface area contributed by atoms with Crippen molar-refractivity contribution >= 4 is 18.0 Å². The predicted octanol–water partition coefficient (Wildman–Crippen LogP) is 1.79. The molecule has 94 valence electrons. The Morgan fingerprint density at radius 1 is 1.33 bits per heavy atom. The molecule has 1 rings (SSSR count). The van der Waals surface area contributed by atoms with Crippen molar-refractivity contribution in [1.82, 2.24) is 5.32 Å². The third-order valence-corrected chi connectivity index (χ3v) is 2.18. The van der Waals surface area contributed by atoms with Crippen LogP contribution in [0.15, 0.2) is 43.0 Å². The molecule has 0 aliphatic rings. The van der Waals surface area contributed by atoms with Crippen LogP contribution in [0.1, 0.15) is 15.9 Å². The zero-order chi connectivity index (χ0) is 13.4. The number of methoxy groups -OCH3 is 1. The summed E-state index contributed by atoms with van der Waals surface area (Å²) in [5.74, 6) is -0.568. The average Bonchev–Trinajstić information content (AvgIpc) is 2.42. The molecule has 1 aromatic carbocycles. The number of carbonyl (C=O) groups excluding carboxylic acids is 2. The molecule has 0 saturated heterocycles. The van der Waals surface area contributed by atoms with E-state index in [-0.39, 0.29) is 11.9 Å². The summed E-state index contributed by atoms with van der Waals surface area (Å²) in [5.41, 5.74) is 1.31. The zero-order valence-electron chi connectivity index (χ0n) is 10.2. The molecule has 0 aromatic heterocycles. The smallest absolute Gasteiger partial charge is 0.337 e. The quantitative estimate of drug-likeness (QED) is 0.489. The number of ether oxygens (including phenoxy) is 1. The number of benzene rings is 1. The van der Waals surface area contributed by atoms with Gasteiger partial charge in [-0.05, 0) is 23.8 Å². The number of nitrogens with one attached hydrogen (secondary N) is 1. The third kappa shape index (κ3) is 4.25. The van der Waals surface area contributed by atoms with Crippen molar-refractivity contribution in [1.29, 1.82) is 0 Å². The van der Waals surface area contributed by atoms with E-state index in [9.17, 15) is 9.59 Å². The van der Waals surface area contributed by atoms with E-state index < -0.39 is 0 Å². The van der Waals surface area contributed by atoms with Crippen molar-refractivity contribution in [2.24, 2.45) is 0 Å². The van der Waals surface area contributed by atoms with Gasteiger partial charge in [-0.25, -0.2) is 4.79 Å². The van der Waals surface area contributed by atoms with Gasteiger partial charge in [0.1, 0.15) is 0 Å². The van der Waals surface area contributed by atoms with Gasteiger partial charge in [0.25, 0.3) is 0 Å². The van der Waals surface area contributed by atoms with E-state index in [0.717, 1.165) is 5.56 Å². The monoisotopic (exact) mass is 245 g/mol. The summed E-state index contributed by atoms with van der Waals surface area (Å²) in [6, 6.07) is 6.77. The second-order valence-corrected chi connectivity index (χ2v) is 3.48. The fourth-order valence-electron chi connectivity index (χ4n) is 1.25. The van der Waals surface area contributed by atoms with Crippen molar-refractivity contribution < 1.29 is 14.3 Å². The molecule has 0 heterocycles. The minimum atomic E-state index is -0.380. The van der Waals surface area contributed by atoms with E-state index >= 15 is 0 Å². The van der Waals surface area contributed by atoms with Crippen molar-refractivity contribution in [3.05, 3.63) is 54.1 Å². The van der Waals surface area contributed by atoms with Crippen molar-refractivity contribution in [2.75, 3.05) is 13.7 Å². The highest BCUT2D eigenvalue weighted by Gasteiger charge is 2.03. The van der Waals surface area contributed by atoms with Crippen LogP contribution in [0.2, 0.25) is 0 Å². The number of amides is 1. The van der Waals surface area contributed by atoms with Gasteiger partial charge >= 0.3 is 5.97 Å². The molecule has 0 atom stereocenters. The summed E-state index contributed by atoms with van der Waals surface area (Å²) in [6.07, 6.45) is 4.70. The first kappa shape index (κ1) is 13.7. The molecule has 1 aromatic rings. The highest BCUT2D eigenvalue weighted by atomic mass is 16.5. The lowest BCUT2D eigenvalue weighted by Crippen LogP contribution is -2.20. The molecule has 1 N–H and O–H groups in total. The summed E-state index contributed by atoms with van der Waals surface area (Å²) >= 11 is 0. The Labute approximate surface area is 106 Å².